The van der Waals surface area contributed by atoms with Crippen LogP contribution in [-0.2, 0) is 24.4 Å². The number of hydrazone groups is 1. The molecule has 0 radical (unpaired) electrons. The number of anilines is 1. The Kier molecular flexibility index (Phi) is 7.12. The van der Waals surface area contributed by atoms with Gasteiger partial charge in [-0.15, -0.1) is 0 Å². The van der Waals surface area contributed by atoms with Crippen LogP contribution in [0.25, 0.3) is 22.0 Å². The van der Waals surface area contributed by atoms with Gasteiger partial charge in [0.25, 0.3) is 0 Å². The first-order chi connectivity index (χ1) is 20.9. The van der Waals surface area contributed by atoms with E-state index in [-0.39, 0.29) is 11.7 Å². The van der Waals surface area contributed by atoms with E-state index < -0.39 is 5.97 Å². The molecule has 0 amide bonds. The zero-order chi connectivity index (χ0) is 29.5. The number of carboxylic acids is 1. The van der Waals surface area contributed by atoms with Crippen molar-refractivity contribution in [2.45, 2.75) is 39.1 Å². The van der Waals surface area contributed by atoms with Crippen molar-refractivity contribution in [3.63, 3.8) is 0 Å². The molecule has 3 aromatic heterocycles. The molecule has 2 aromatic carbocycles. The van der Waals surface area contributed by atoms with Gasteiger partial charge in [-0.1, -0.05) is 23.7 Å². The SMILES string of the molecule is Cc1coc2c(COc3cccc(N4C=NN(Cc5nc6ccc(C(=O)O)cc6n5CC5CCO5)CC4)n3)ccc(Cl)c12. The molecule has 0 bridgehead atoms. The number of furan rings is 1. The van der Waals surface area contributed by atoms with Crippen molar-refractivity contribution in [3.8, 4) is 5.88 Å². The second-order valence-electron chi connectivity index (χ2n) is 10.7. The molecule has 43 heavy (non-hydrogen) atoms. The maximum Gasteiger partial charge on any atom is 0.335 e. The number of ether oxygens (including phenoxy) is 2. The average molecular weight is 601 g/mol. The Morgan fingerprint density at radius 2 is 2.05 bits per heavy atom. The quantitative estimate of drug-likeness (QED) is 0.235. The van der Waals surface area contributed by atoms with Crippen molar-refractivity contribution in [2.75, 3.05) is 24.6 Å². The van der Waals surface area contributed by atoms with Gasteiger partial charge < -0.3 is 28.5 Å². The normalized spacial score (nSPS) is 16.7. The number of aromatic nitrogens is 3. The summed E-state index contributed by atoms with van der Waals surface area (Å²) in [5.41, 5.74) is 4.37. The molecule has 0 aliphatic carbocycles. The van der Waals surface area contributed by atoms with E-state index in [2.05, 4.69) is 9.67 Å². The van der Waals surface area contributed by atoms with Gasteiger partial charge in [0.05, 0.1) is 53.6 Å². The van der Waals surface area contributed by atoms with Crippen LogP contribution in [0.2, 0.25) is 5.02 Å². The second-order valence-corrected chi connectivity index (χ2v) is 11.1. The lowest BCUT2D eigenvalue weighted by Crippen LogP contribution is -2.38. The second kappa shape index (κ2) is 11.2. The highest BCUT2D eigenvalue weighted by atomic mass is 35.5. The molecule has 2 aliphatic rings. The van der Waals surface area contributed by atoms with E-state index in [1.165, 1.54) is 0 Å². The first-order valence-electron chi connectivity index (χ1n) is 14.1. The number of imidazole rings is 1. The highest BCUT2D eigenvalue weighted by molar-refractivity contribution is 6.35. The minimum Gasteiger partial charge on any atom is -0.478 e. The van der Waals surface area contributed by atoms with Gasteiger partial charge in [-0.25, -0.2) is 9.78 Å². The number of fused-ring (bicyclic) bond motifs is 2. The Morgan fingerprint density at radius 3 is 2.81 bits per heavy atom. The van der Waals surface area contributed by atoms with Crippen molar-refractivity contribution in [1.82, 2.24) is 19.5 Å². The number of aryl methyl sites for hydroxylation is 1. The van der Waals surface area contributed by atoms with Crippen LogP contribution in [0.15, 0.2) is 64.3 Å². The Balaban J connectivity index is 1.05. The molecule has 1 atom stereocenters. The number of carbonyl (C=O) groups is 1. The summed E-state index contributed by atoms with van der Waals surface area (Å²) >= 11 is 6.36. The van der Waals surface area contributed by atoms with E-state index >= 15 is 0 Å². The molecule has 7 rings (SSSR count). The lowest BCUT2D eigenvalue weighted by Gasteiger charge is -2.30. The van der Waals surface area contributed by atoms with Gasteiger partial charge >= 0.3 is 5.97 Å². The van der Waals surface area contributed by atoms with Gasteiger partial charge in [0.15, 0.2) is 0 Å². The summed E-state index contributed by atoms with van der Waals surface area (Å²) < 4.78 is 19.5. The Labute approximate surface area is 251 Å². The summed E-state index contributed by atoms with van der Waals surface area (Å²) in [5.74, 6) is 1.07. The van der Waals surface area contributed by atoms with Crippen LogP contribution in [0, 0.1) is 6.92 Å². The summed E-state index contributed by atoms with van der Waals surface area (Å²) in [6.45, 7) is 5.41. The molecule has 220 valence electrons. The predicted octanol–water partition coefficient (Wildman–Crippen LogP) is 5.47. The minimum atomic E-state index is -0.963. The zero-order valence-electron chi connectivity index (χ0n) is 23.4. The number of benzene rings is 2. The van der Waals surface area contributed by atoms with E-state index in [4.69, 9.17) is 35.5 Å². The Morgan fingerprint density at radius 1 is 1.16 bits per heavy atom. The molecular formula is C31H29ClN6O5. The largest absolute Gasteiger partial charge is 0.478 e. The summed E-state index contributed by atoms with van der Waals surface area (Å²) in [6.07, 6.45) is 4.52. The zero-order valence-corrected chi connectivity index (χ0v) is 24.2. The third-order valence-corrected chi connectivity index (χ3v) is 8.16. The van der Waals surface area contributed by atoms with Gasteiger partial charge in [0, 0.05) is 30.2 Å². The first kappa shape index (κ1) is 27.2. The number of pyridine rings is 1. The van der Waals surface area contributed by atoms with Crippen molar-refractivity contribution in [2.24, 2.45) is 5.10 Å². The van der Waals surface area contributed by atoms with Gasteiger partial charge in [-0.3, -0.25) is 5.01 Å². The van der Waals surface area contributed by atoms with E-state index in [9.17, 15) is 9.90 Å². The number of nitrogens with zero attached hydrogens (tertiary/aromatic N) is 6. The number of carboxylic acid groups (broad SMARTS) is 1. The van der Waals surface area contributed by atoms with Crippen LogP contribution in [0.5, 0.6) is 5.88 Å². The van der Waals surface area contributed by atoms with E-state index in [1.807, 2.05) is 47.2 Å². The molecule has 11 nitrogen and oxygen atoms in total. The summed E-state index contributed by atoms with van der Waals surface area (Å²) in [7, 11) is 0. The van der Waals surface area contributed by atoms with Crippen LogP contribution in [0.1, 0.15) is 33.7 Å². The van der Waals surface area contributed by atoms with Crippen molar-refractivity contribution < 1.29 is 23.8 Å². The van der Waals surface area contributed by atoms with E-state index in [0.29, 0.717) is 43.7 Å². The summed E-state index contributed by atoms with van der Waals surface area (Å²) in [5, 5.41) is 17.7. The molecular weight excluding hydrogens is 572 g/mol. The maximum absolute atomic E-state index is 11.6. The van der Waals surface area contributed by atoms with Gasteiger partial charge in [0.1, 0.15) is 30.2 Å². The van der Waals surface area contributed by atoms with Gasteiger partial charge in [0.2, 0.25) is 5.88 Å². The van der Waals surface area contributed by atoms with Crippen molar-refractivity contribution >= 4 is 51.7 Å². The van der Waals surface area contributed by atoms with Crippen LogP contribution in [0.3, 0.4) is 0 Å². The molecule has 5 heterocycles. The molecule has 1 fully saturated rings. The smallest absolute Gasteiger partial charge is 0.335 e. The van der Waals surface area contributed by atoms with Crippen molar-refractivity contribution in [3.05, 3.63) is 82.3 Å². The number of halogens is 1. The van der Waals surface area contributed by atoms with Crippen LogP contribution in [-0.4, -0.2) is 62.8 Å². The number of aromatic carboxylic acids is 1. The highest BCUT2D eigenvalue weighted by Gasteiger charge is 2.24. The fourth-order valence-electron chi connectivity index (χ4n) is 5.41. The first-order valence-corrected chi connectivity index (χ1v) is 14.5. The molecule has 1 unspecified atom stereocenters. The predicted molar refractivity (Wildman–Crippen MR) is 162 cm³/mol. The molecule has 0 saturated carbocycles. The lowest BCUT2D eigenvalue weighted by molar-refractivity contribution is -0.0592. The molecule has 12 heteroatoms. The molecule has 1 saturated heterocycles. The third-order valence-electron chi connectivity index (χ3n) is 7.85. The molecule has 2 aliphatic heterocycles. The third kappa shape index (κ3) is 5.37. The summed E-state index contributed by atoms with van der Waals surface area (Å²) in [6, 6.07) is 14.4. The minimum absolute atomic E-state index is 0.0967. The number of rotatable bonds is 9. The van der Waals surface area contributed by atoms with E-state index in [0.717, 1.165) is 57.8 Å². The van der Waals surface area contributed by atoms with Gasteiger partial charge in [-0.2, -0.15) is 10.1 Å². The molecule has 1 N–H and O–H groups in total. The fraction of sp³-hybridized carbons (Fsp3) is 0.290. The van der Waals surface area contributed by atoms with Gasteiger partial charge in [-0.05, 0) is 49.2 Å². The fourth-order valence-corrected chi connectivity index (χ4v) is 5.71. The topological polar surface area (TPSA) is 118 Å². The standard InChI is InChI=1S/C31H29ClN6O5/c1-19-16-43-30-21(5-7-23(32)29(19)30)17-42-28-4-2-3-26(35-28)36-10-11-37(33-18-36)15-27-34-24-8-6-20(31(39)40)13-25(24)38(27)14-22-9-12-41-22/h2-8,13,16,18,22H,9-12,14-15,17H2,1H3,(H,39,40). The monoisotopic (exact) mass is 600 g/mol. The maximum atomic E-state index is 11.6. The van der Waals surface area contributed by atoms with Crippen LogP contribution >= 0.6 is 11.6 Å². The Hall–Kier alpha value is -4.61. The summed E-state index contributed by atoms with van der Waals surface area (Å²) in [4.78, 5) is 23.1. The Bertz CT molecular complexity index is 1860. The van der Waals surface area contributed by atoms with E-state index in [1.54, 1.807) is 30.8 Å². The van der Waals surface area contributed by atoms with Crippen LogP contribution in [0.4, 0.5) is 5.82 Å². The highest BCUT2D eigenvalue weighted by Crippen LogP contribution is 2.32. The molecule has 5 aromatic rings. The lowest BCUT2D eigenvalue weighted by atomic mass is 10.1. The van der Waals surface area contributed by atoms with Crippen molar-refractivity contribution in [1.29, 1.82) is 0 Å². The average Bonchev–Trinajstić information content (AvgIpc) is 3.55. The van der Waals surface area contributed by atoms with Crippen LogP contribution < -0.4 is 9.64 Å². The molecule has 0 spiro atoms. The number of hydrogen-bond donors (Lipinski definition) is 1. The number of hydrogen-bond acceptors (Lipinski definition) is 9.